The largest absolute Gasteiger partial charge is 0.372 e. The summed E-state index contributed by atoms with van der Waals surface area (Å²) in [5, 5.41) is 12.1. The van der Waals surface area contributed by atoms with Gasteiger partial charge in [-0.2, -0.15) is 0 Å². The topological polar surface area (TPSA) is 157 Å². The van der Waals surface area contributed by atoms with E-state index < -0.39 is 6.04 Å². The van der Waals surface area contributed by atoms with Crippen LogP contribution in [0.3, 0.4) is 0 Å². The predicted octanol–water partition coefficient (Wildman–Crippen LogP) is 6.22. The summed E-state index contributed by atoms with van der Waals surface area (Å²) in [7, 11) is 0. The van der Waals surface area contributed by atoms with E-state index >= 15 is 0 Å². The van der Waals surface area contributed by atoms with Crippen LogP contribution >= 0.6 is 0 Å². The van der Waals surface area contributed by atoms with Crippen molar-refractivity contribution >= 4 is 40.9 Å². The number of hydrogen-bond acceptors (Lipinski definition) is 11. The molecule has 0 saturated carbocycles. The summed E-state index contributed by atoms with van der Waals surface area (Å²) in [6, 6.07) is 20.3. The molecule has 0 spiro atoms. The molecule has 8 rings (SSSR count). The van der Waals surface area contributed by atoms with Crippen molar-refractivity contribution < 1.29 is 19.1 Å². The van der Waals surface area contributed by atoms with E-state index in [1.165, 1.54) is 18.5 Å². The third-order valence-electron chi connectivity index (χ3n) is 12.3. The van der Waals surface area contributed by atoms with Gasteiger partial charge in [-0.25, -0.2) is 14.8 Å². The van der Waals surface area contributed by atoms with E-state index in [4.69, 9.17) is 14.7 Å². The van der Waals surface area contributed by atoms with E-state index in [2.05, 4.69) is 85.4 Å². The van der Waals surface area contributed by atoms with E-state index in [0.717, 1.165) is 85.0 Å². The molecule has 1 atom stereocenters. The fraction of sp³-hybridized carbons (Fsp3) is 0.478. The van der Waals surface area contributed by atoms with Crippen molar-refractivity contribution in [3.8, 4) is 11.3 Å². The first-order valence-corrected chi connectivity index (χ1v) is 21.6. The number of amides is 4. The van der Waals surface area contributed by atoms with Gasteiger partial charge in [-0.15, -0.1) is 0 Å². The van der Waals surface area contributed by atoms with E-state index in [0.29, 0.717) is 50.3 Å². The molecule has 0 radical (unpaired) electrons. The summed E-state index contributed by atoms with van der Waals surface area (Å²) >= 11 is 0. The smallest absolute Gasteiger partial charge is 0.317 e. The number of pyridine rings is 1. The highest BCUT2D eigenvalue weighted by Crippen LogP contribution is 2.31. The molecule has 4 N–H and O–H groups in total. The third kappa shape index (κ3) is 10.4. The number of anilines is 4. The van der Waals surface area contributed by atoms with Gasteiger partial charge >= 0.3 is 6.03 Å². The minimum atomic E-state index is -0.397. The van der Waals surface area contributed by atoms with Crippen LogP contribution in [0.5, 0.6) is 0 Å². The maximum atomic E-state index is 12.6. The second kappa shape index (κ2) is 18.8. The maximum Gasteiger partial charge on any atom is 0.317 e. The van der Waals surface area contributed by atoms with Gasteiger partial charge in [0.05, 0.1) is 42.9 Å². The number of hydrogen-bond donors (Lipinski definition) is 4. The fourth-order valence-corrected chi connectivity index (χ4v) is 8.79. The lowest BCUT2D eigenvalue weighted by molar-refractivity contribution is -0.133. The molecule has 60 heavy (non-hydrogen) atoms. The number of carbonyl (C=O) groups excluding carboxylic acids is 3. The molecule has 14 nitrogen and oxygen atoms in total. The van der Waals surface area contributed by atoms with Gasteiger partial charge < -0.3 is 35.4 Å². The number of imide groups is 1. The zero-order valence-corrected chi connectivity index (χ0v) is 35.0. The highest BCUT2D eigenvalue weighted by atomic mass is 16.5. The first-order valence-electron chi connectivity index (χ1n) is 21.6. The quantitative estimate of drug-likeness (QED) is 0.114. The average molecular weight is 815 g/mol. The number of aryl methyl sites for hydroxylation is 1. The van der Waals surface area contributed by atoms with Crippen molar-refractivity contribution in [2.24, 2.45) is 5.92 Å². The molecule has 2 aromatic carbocycles. The highest BCUT2D eigenvalue weighted by molar-refractivity contribution is 6.01. The number of piperidine rings is 3. The Morgan fingerprint density at radius 3 is 2.37 bits per heavy atom. The zero-order chi connectivity index (χ0) is 41.6. The van der Waals surface area contributed by atoms with Crippen molar-refractivity contribution in [3.05, 3.63) is 89.9 Å². The Labute approximate surface area is 352 Å². The molecule has 6 heterocycles. The maximum absolute atomic E-state index is 12.6. The molecule has 2 aromatic heterocycles. The number of urea groups is 1. The Hall–Kier alpha value is -5.60. The van der Waals surface area contributed by atoms with Crippen LogP contribution in [0.4, 0.5) is 27.8 Å². The molecule has 4 fully saturated rings. The summed E-state index contributed by atoms with van der Waals surface area (Å²) in [4.78, 5) is 57.1. The number of ether oxygens (including phenoxy) is 1. The van der Waals surface area contributed by atoms with E-state index in [-0.39, 0.29) is 30.1 Å². The first kappa shape index (κ1) is 41.1. The lowest BCUT2D eigenvalue weighted by Gasteiger charge is -2.39. The van der Waals surface area contributed by atoms with Crippen LogP contribution in [-0.4, -0.2) is 107 Å². The Balaban J connectivity index is 0.751. The molecule has 0 aliphatic carbocycles. The van der Waals surface area contributed by atoms with Crippen molar-refractivity contribution in [1.82, 2.24) is 35.4 Å². The second-order valence-corrected chi connectivity index (χ2v) is 17.1. The standard InChI is InChI=1S/C46H58N10O4/c1-30(2)60-39-28-56(29-39)46(59)49-25-35-5-4-34(24-31(35)3)41-14-19-47-45(52-41)51-36-6-9-38(10-7-36)55-22-15-32(16-23-55)27-54-20-17-33(18-21-54)40-11-8-37(26-48-40)50-42-12-13-43(57)53-44(42)58/h4-11,14,19,24,26,30,32-33,39,42,50H,12-13,15-18,20-23,25,27-29H2,1-3H3,(H,49,59)(H,47,51,52)(H,53,57,58). The molecule has 4 aliphatic heterocycles. The van der Waals surface area contributed by atoms with Gasteiger partial charge in [0.15, 0.2) is 0 Å². The van der Waals surface area contributed by atoms with Crippen LogP contribution in [-0.2, 0) is 20.9 Å². The van der Waals surface area contributed by atoms with Crippen molar-refractivity contribution in [3.63, 3.8) is 0 Å². The second-order valence-electron chi connectivity index (χ2n) is 17.1. The molecule has 4 aromatic rings. The van der Waals surface area contributed by atoms with Crippen molar-refractivity contribution in [2.75, 3.05) is 61.3 Å². The van der Waals surface area contributed by atoms with Crippen molar-refractivity contribution in [2.45, 2.75) is 90.0 Å². The molecule has 4 amide bonds. The molecule has 4 saturated heterocycles. The summed E-state index contributed by atoms with van der Waals surface area (Å²) in [6.45, 7) is 13.3. The molecule has 4 aliphatic rings. The molecule has 0 bridgehead atoms. The van der Waals surface area contributed by atoms with Crippen LogP contribution in [0.2, 0.25) is 0 Å². The van der Waals surface area contributed by atoms with E-state index in [1.54, 1.807) is 11.1 Å². The first-order chi connectivity index (χ1) is 29.1. The van der Waals surface area contributed by atoms with Crippen LogP contribution in [0, 0.1) is 12.8 Å². The van der Waals surface area contributed by atoms with Crippen molar-refractivity contribution in [1.29, 1.82) is 0 Å². The Bertz CT molecular complexity index is 2110. The van der Waals surface area contributed by atoms with Gasteiger partial charge in [0.1, 0.15) is 6.04 Å². The number of nitrogens with one attached hydrogen (secondary N) is 4. The number of benzene rings is 2. The summed E-state index contributed by atoms with van der Waals surface area (Å²) in [5.74, 6) is 1.22. The molecule has 316 valence electrons. The van der Waals surface area contributed by atoms with Crippen LogP contribution in [0.15, 0.2) is 73.1 Å². The summed E-state index contributed by atoms with van der Waals surface area (Å²) in [6.07, 6.45) is 9.33. The molecule has 14 heteroatoms. The van der Waals surface area contributed by atoms with Gasteiger partial charge in [0.2, 0.25) is 17.8 Å². The lowest BCUT2D eigenvalue weighted by atomic mass is 9.90. The minimum absolute atomic E-state index is 0.0608. The average Bonchev–Trinajstić information content (AvgIpc) is 3.24. The van der Waals surface area contributed by atoms with Gasteiger partial charge in [-0.05, 0) is 132 Å². The van der Waals surface area contributed by atoms with Gasteiger partial charge in [0, 0.05) is 67.3 Å². The minimum Gasteiger partial charge on any atom is -0.372 e. The van der Waals surface area contributed by atoms with Crippen LogP contribution in [0.25, 0.3) is 11.3 Å². The fourth-order valence-electron chi connectivity index (χ4n) is 8.79. The van der Waals surface area contributed by atoms with Crippen LogP contribution < -0.4 is 26.2 Å². The number of nitrogens with zero attached hydrogens (tertiary/aromatic N) is 6. The Kier molecular flexibility index (Phi) is 12.9. The van der Waals surface area contributed by atoms with Gasteiger partial charge in [-0.3, -0.25) is 19.9 Å². The number of aromatic nitrogens is 3. The third-order valence-corrected chi connectivity index (χ3v) is 12.3. The SMILES string of the molecule is Cc1cc(-c2ccnc(Nc3ccc(N4CCC(CN5CCC(c6ccc(NC7CCC(=O)NC7=O)cn6)CC5)CC4)cc3)n2)ccc1CNC(=O)N1CC(OC(C)C)C1. The monoisotopic (exact) mass is 814 g/mol. The zero-order valence-electron chi connectivity index (χ0n) is 35.0. The molecular formula is C46H58N10O4. The number of likely N-dealkylation sites (tertiary alicyclic amines) is 2. The molecular weight excluding hydrogens is 757 g/mol. The summed E-state index contributed by atoms with van der Waals surface area (Å²) < 4.78 is 5.77. The van der Waals surface area contributed by atoms with Gasteiger partial charge in [-0.1, -0.05) is 12.1 Å². The van der Waals surface area contributed by atoms with Crippen LogP contribution in [0.1, 0.15) is 75.1 Å². The number of carbonyl (C=O) groups is 3. The normalized spacial score (nSPS) is 19.6. The highest BCUT2D eigenvalue weighted by Gasteiger charge is 2.32. The Morgan fingerprint density at radius 1 is 0.900 bits per heavy atom. The summed E-state index contributed by atoms with van der Waals surface area (Å²) in [5.41, 5.74) is 8.09. The van der Waals surface area contributed by atoms with E-state index in [1.807, 2.05) is 38.2 Å². The molecule has 1 unspecified atom stereocenters. The van der Waals surface area contributed by atoms with E-state index in [9.17, 15) is 14.4 Å². The van der Waals surface area contributed by atoms with Gasteiger partial charge in [0.25, 0.3) is 0 Å². The Morgan fingerprint density at radius 2 is 1.67 bits per heavy atom. The number of rotatable bonds is 13. The lowest BCUT2D eigenvalue weighted by Crippen LogP contribution is -2.58. The predicted molar refractivity (Wildman–Crippen MR) is 233 cm³/mol.